The molecule has 0 spiro atoms. The van der Waals surface area contributed by atoms with E-state index in [4.69, 9.17) is 0 Å². The molecule has 2 N–H and O–H groups in total. The van der Waals surface area contributed by atoms with Gasteiger partial charge in [-0.15, -0.1) is 0 Å². The van der Waals surface area contributed by atoms with Crippen molar-refractivity contribution in [2.24, 2.45) is 0 Å². The first-order chi connectivity index (χ1) is 9.24. The molecular weight excluding hydrogens is 306 g/mol. The number of hydrogen-bond donors (Lipinski definition) is 2. The summed E-state index contributed by atoms with van der Waals surface area (Å²) in [7, 11) is 0. The Kier molecular flexibility index (Phi) is 3.38. The number of aromatic nitrogens is 2. The van der Waals surface area contributed by atoms with Crippen molar-refractivity contribution < 1.29 is 4.79 Å². The first-order valence-corrected chi connectivity index (χ1v) is 7.16. The number of carbonyl (C=O) groups excluding carboxylic acids is 1. The Labute approximate surface area is 119 Å². The van der Waals surface area contributed by atoms with E-state index in [1.54, 1.807) is 0 Å². The molecule has 4 nitrogen and oxygen atoms in total. The van der Waals surface area contributed by atoms with Crippen LogP contribution in [-0.4, -0.2) is 16.1 Å². The summed E-state index contributed by atoms with van der Waals surface area (Å²) in [6.45, 7) is 0. The number of anilines is 1. The minimum absolute atomic E-state index is 0.141. The number of carbonyl (C=O) groups is 1. The second kappa shape index (κ2) is 5.17. The van der Waals surface area contributed by atoms with Crippen LogP contribution in [0.5, 0.6) is 0 Å². The molecule has 1 amide bonds. The molecule has 0 atom stereocenters. The maximum absolute atomic E-state index is 12.2. The number of H-pyrrole nitrogens is 1. The minimum atomic E-state index is -0.141. The second-order valence-electron chi connectivity index (χ2n) is 4.70. The zero-order chi connectivity index (χ0) is 13.2. The van der Waals surface area contributed by atoms with Crippen LogP contribution >= 0.6 is 15.9 Å². The highest BCUT2D eigenvalue weighted by atomic mass is 79.9. The third kappa shape index (κ3) is 2.56. The van der Waals surface area contributed by atoms with Gasteiger partial charge in [-0.1, -0.05) is 22.0 Å². The summed E-state index contributed by atoms with van der Waals surface area (Å²) in [6, 6.07) is 7.55. The number of rotatable bonds is 2. The van der Waals surface area contributed by atoms with E-state index in [1.807, 2.05) is 24.3 Å². The molecule has 3 rings (SSSR count). The highest BCUT2D eigenvalue weighted by Gasteiger charge is 2.21. The molecule has 1 aliphatic carbocycles. The van der Waals surface area contributed by atoms with Crippen LogP contribution in [0.1, 0.15) is 34.6 Å². The second-order valence-corrected chi connectivity index (χ2v) is 5.62. The predicted octanol–water partition coefficient (Wildman–Crippen LogP) is 3.30. The van der Waals surface area contributed by atoms with E-state index >= 15 is 0 Å². The predicted molar refractivity (Wildman–Crippen MR) is 77.3 cm³/mol. The van der Waals surface area contributed by atoms with Crippen molar-refractivity contribution in [3.63, 3.8) is 0 Å². The maximum Gasteiger partial charge on any atom is 0.276 e. The molecule has 1 aromatic carbocycles. The first-order valence-electron chi connectivity index (χ1n) is 6.37. The Morgan fingerprint density at radius 2 is 2.16 bits per heavy atom. The number of benzene rings is 1. The van der Waals surface area contributed by atoms with Crippen LogP contribution in [-0.2, 0) is 12.8 Å². The third-order valence-corrected chi connectivity index (χ3v) is 3.85. The number of nitrogens with one attached hydrogen (secondary N) is 2. The van der Waals surface area contributed by atoms with E-state index < -0.39 is 0 Å². The molecule has 98 valence electrons. The molecule has 1 heterocycles. The Hall–Kier alpha value is -1.62. The number of fused-ring (bicyclic) bond motifs is 1. The smallest absolute Gasteiger partial charge is 0.276 e. The summed E-state index contributed by atoms with van der Waals surface area (Å²) in [6.07, 6.45) is 4.23. The zero-order valence-electron chi connectivity index (χ0n) is 10.4. The van der Waals surface area contributed by atoms with Crippen molar-refractivity contribution in [2.45, 2.75) is 25.7 Å². The van der Waals surface area contributed by atoms with E-state index in [9.17, 15) is 4.79 Å². The van der Waals surface area contributed by atoms with E-state index in [-0.39, 0.29) is 5.91 Å². The Morgan fingerprint density at radius 1 is 1.32 bits per heavy atom. The first kappa shape index (κ1) is 12.4. The van der Waals surface area contributed by atoms with Gasteiger partial charge in [0, 0.05) is 21.4 Å². The highest BCUT2D eigenvalue weighted by molar-refractivity contribution is 9.10. The minimum Gasteiger partial charge on any atom is -0.321 e. The van der Waals surface area contributed by atoms with Gasteiger partial charge >= 0.3 is 0 Å². The average Bonchev–Trinajstić information content (AvgIpc) is 2.82. The van der Waals surface area contributed by atoms with Gasteiger partial charge in [-0.3, -0.25) is 9.89 Å². The summed E-state index contributed by atoms with van der Waals surface area (Å²) in [5, 5.41) is 10.0. The number of aromatic amines is 1. The molecule has 19 heavy (non-hydrogen) atoms. The normalized spacial score (nSPS) is 13.9. The Balaban J connectivity index is 1.83. The van der Waals surface area contributed by atoms with Gasteiger partial charge in [-0.05, 0) is 43.9 Å². The van der Waals surface area contributed by atoms with Crippen molar-refractivity contribution in [1.82, 2.24) is 10.2 Å². The lowest BCUT2D eigenvalue weighted by Gasteiger charge is -2.11. The standard InChI is InChI=1S/C14H14BrN3O/c15-9-4-3-5-10(8-9)16-14(19)13-11-6-1-2-7-12(11)17-18-13/h3-5,8H,1-2,6-7H2,(H,16,19)(H,17,18). The number of nitrogens with zero attached hydrogens (tertiary/aromatic N) is 1. The van der Waals surface area contributed by atoms with Crippen molar-refractivity contribution in [3.05, 3.63) is 45.7 Å². The van der Waals surface area contributed by atoms with E-state index in [1.165, 1.54) is 6.42 Å². The van der Waals surface area contributed by atoms with Crippen molar-refractivity contribution in [3.8, 4) is 0 Å². The van der Waals surface area contributed by atoms with E-state index in [2.05, 4.69) is 31.4 Å². The number of hydrogen-bond acceptors (Lipinski definition) is 2. The molecule has 0 bridgehead atoms. The molecule has 0 saturated heterocycles. The topological polar surface area (TPSA) is 57.8 Å². The van der Waals surface area contributed by atoms with E-state index in [0.29, 0.717) is 5.69 Å². The lowest BCUT2D eigenvalue weighted by Crippen LogP contribution is -2.15. The fraction of sp³-hybridized carbons (Fsp3) is 0.286. The van der Waals surface area contributed by atoms with E-state index in [0.717, 1.165) is 40.7 Å². The van der Waals surface area contributed by atoms with Gasteiger partial charge in [0.2, 0.25) is 0 Å². The summed E-state index contributed by atoms with van der Waals surface area (Å²) < 4.78 is 0.939. The van der Waals surface area contributed by atoms with Gasteiger partial charge in [0.05, 0.1) is 0 Å². The van der Waals surface area contributed by atoms with Crippen LogP contribution in [0.3, 0.4) is 0 Å². The van der Waals surface area contributed by atoms with Crippen LogP contribution in [0.25, 0.3) is 0 Å². The van der Waals surface area contributed by atoms with Gasteiger partial charge in [0.25, 0.3) is 5.91 Å². The molecule has 2 aromatic rings. The van der Waals surface area contributed by atoms with Crippen molar-refractivity contribution >= 4 is 27.5 Å². The Bertz CT molecular complexity index is 621. The van der Waals surface area contributed by atoms with Gasteiger partial charge in [-0.2, -0.15) is 5.10 Å². The Morgan fingerprint density at radius 3 is 3.00 bits per heavy atom. The van der Waals surface area contributed by atoms with Gasteiger partial charge in [0.1, 0.15) is 0 Å². The highest BCUT2D eigenvalue weighted by Crippen LogP contribution is 2.23. The number of aryl methyl sites for hydroxylation is 1. The molecule has 5 heteroatoms. The zero-order valence-corrected chi connectivity index (χ0v) is 12.0. The number of halogens is 1. The molecule has 0 saturated carbocycles. The fourth-order valence-corrected chi connectivity index (χ4v) is 2.82. The molecule has 0 fully saturated rings. The van der Waals surface area contributed by atoms with Crippen LogP contribution < -0.4 is 5.32 Å². The molecular formula is C14H14BrN3O. The van der Waals surface area contributed by atoms with Crippen LogP contribution in [0.4, 0.5) is 5.69 Å². The molecule has 0 radical (unpaired) electrons. The van der Waals surface area contributed by atoms with Gasteiger partial charge in [-0.25, -0.2) is 0 Å². The van der Waals surface area contributed by atoms with Crippen LogP contribution in [0, 0.1) is 0 Å². The van der Waals surface area contributed by atoms with Crippen molar-refractivity contribution in [1.29, 1.82) is 0 Å². The summed E-state index contributed by atoms with van der Waals surface area (Å²) >= 11 is 3.39. The van der Waals surface area contributed by atoms with Crippen LogP contribution in [0.2, 0.25) is 0 Å². The molecule has 0 unspecified atom stereocenters. The summed E-state index contributed by atoms with van der Waals surface area (Å²) in [5.41, 5.74) is 3.51. The third-order valence-electron chi connectivity index (χ3n) is 3.35. The maximum atomic E-state index is 12.2. The monoisotopic (exact) mass is 319 g/mol. The quantitative estimate of drug-likeness (QED) is 0.892. The summed E-state index contributed by atoms with van der Waals surface area (Å²) in [5.74, 6) is -0.141. The van der Waals surface area contributed by atoms with Crippen LogP contribution in [0.15, 0.2) is 28.7 Å². The molecule has 1 aliphatic rings. The lowest BCUT2D eigenvalue weighted by atomic mass is 9.96. The van der Waals surface area contributed by atoms with Gasteiger partial charge < -0.3 is 5.32 Å². The molecule has 1 aromatic heterocycles. The van der Waals surface area contributed by atoms with Crippen molar-refractivity contribution in [2.75, 3.05) is 5.32 Å². The fourth-order valence-electron chi connectivity index (χ4n) is 2.43. The summed E-state index contributed by atoms with van der Waals surface area (Å²) in [4.78, 5) is 12.2. The largest absolute Gasteiger partial charge is 0.321 e. The SMILES string of the molecule is O=C(Nc1cccc(Br)c1)c1n[nH]c2c1CCCC2. The average molecular weight is 320 g/mol. The lowest BCUT2D eigenvalue weighted by molar-refractivity contribution is 0.102. The molecule has 0 aliphatic heterocycles. The number of amides is 1. The van der Waals surface area contributed by atoms with Gasteiger partial charge in [0.15, 0.2) is 5.69 Å².